The van der Waals surface area contributed by atoms with Crippen LogP contribution < -0.4 is 10.1 Å². The van der Waals surface area contributed by atoms with Gasteiger partial charge in [0, 0.05) is 12.5 Å². The third-order valence-electron chi connectivity index (χ3n) is 5.79. The quantitative estimate of drug-likeness (QED) is 0.713. The molecule has 0 bridgehead atoms. The lowest BCUT2D eigenvalue weighted by molar-refractivity contribution is -0.173. The van der Waals surface area contributed by atoms with Crippen molar-refractivity contribution in [3.05, 3.63) is 64.2 Å². The predicted octanol–water partition coefficient (Wildman–Crippen LogP) is 4.22. The molecule has 3 rings (SSSR count). The maximum absolute atomic E-state index is 12.5. The number of fused-ring (bicyclic) bond motifs is 2. The molecule has 0 heterocycles. The highest BCUT2D eigenvalue weighted by Gasteiger charge is 2.38. The zero-order valence-electron chi connectivity index (χ0n) is 17.3. The summed E-state index contributed by atoms with van der Waals surface area (Å²) < 4.78 is 42.8. The average molecular weight is 435 g/mol. The molecule has 2 unspecified atom stereocenters. The first-order valence-electron chi connectivity index (χ1n) is 9.99. The Hall–Kier alpha value is -3.03. The standard InChI is InChI=1S/C23H24F3NO4/c1-3-18(21(28)29)20-11-14-5-6-17(31-2)10-15(14)9-16-8-13(4-7-19(16)20)12-27-22(30)23(24,25)26/h4-8,10,18,20H,3,9,11-12H2,1-2H3,(H,27,30)(H,28,29). The number of methoxy groups -OCH3 is 1. The molecule has 31 heavy (non-hydrogen) atoms. The molecule has 0 aliphatic heterocycles. The van der Waals surface area contributed by atoms with E-state index in [0.29, 0.717) is 30.6 Å². The highest BCUT2D eigenvalue weighted by Crippen LogP contribution is 2.39. The van der Waals surface area contributed by atoms with Gasteiger partial charge in [0.05, 0.1) is 13.0 Å². The number of ether oxygens (including phenoxy) is 1. The molecule has 2 atom stereocenters. The van der Waals surface area contributed by atoms with Gasteiger partial charge in [-0.15, -0.1) is 0 Å². The van der Waals surface area contributed by atoms with Gasteiger partial charge in [-0.25, -0.2) is 0 Å². The van der Waals surface area contributed by atoms with E-state index in [2.05, 4.69) is 0 Å². The topological polar surface area (TPSA) is 75.6 Å². The minimum atomic E-state index is -4.94. The molecule has 2 aromatic rings. The summed E-state index contributed by atoms with van der Waals surface area (Å²) in [5.41, 5.74) is 4.24. The summed E-state index contributed by atoms with van der Waals surface area (Å²) in [6.07, 6.45) is -3.45. The van der Waals surface area contributed by atoms with Gasteiger partial charge in [-0.2, -0.15) is 13.2 Å². The molecule has 0 radical (unpaired) electrons. The Morgan fingerprint density at radius 2 is 1.90 bits per heavy atom. The van der Waals surface area contributed by atoms with Crippen molar-refractivity contribution in [2.45, 2.75) is 44.8 Å². The third-order valence-corrected chi connectivity index (χ3v) is 5.79. The van der Waals surface area contributed by atoms with E-state index in [1.165, 1.54) is 0 Å². The van der Waals surface area contributed by atoms with E-state index < -0.39 is 24.0 Å². The van der Waals surface area contributed by atoms with Crippen LogP contribution in [-0.2, 0) is 29.0 Å². The molecule has 1 amide bonds. The Bertz CT molecular complexity index is 987. The smallest absolute Gasteiger partial charge is 0.471 e. The number of carbonyl (C=O) groups is 2. The van der Waals surface area contributed by atoms with E-state index >= 15 is 0 Å². The molecular formula is C23H24F3NO4. The monoisotopic (exact) mass is 435 g/mol. The van der Waals surface area contributed by atoms with E-state index in [1.54, 1.807) is 25.3 Å². The van der Waals surface area contributed by atoms with Crippen molar-refractivity contribution in [1.29, 1.82) is 0 Å². The van der Waals surface area contributed by atoms with Gasteiger partial charge in [0.25, 0.3) is 0 Å². The van der Waals surface area contributed by atoms with E-state index in [-0.39, 0.29) is 12.5 Å². The first-order valence-corrected chi connectivity index (χ1v) is 9.99. The van der Waals surface area contributed by atoms with Crippen LogP contribution in [0.2, 0.25) is 0 Å². The molecule has 1 aliphatic rings. The highest BCUT2D eigenvalue weighted by atomic mass is 19.4. The number of nitrogens with one attached hydrogen (secondary N) is 1. The maximum Gasteiger partial charge on any atom is 0.471 e. The number of carboxylic acid groups (broad SMARTS) is 1. The molecule has 0 saturated heterocycles. The zero-order valence-corrected chi connectivity index (χ0v) is 17.3. The van der Waals surface area contributed by atoms with Gasteiger partial charge in [-0.05, 0) is 59.2 Å². The van der Waals surface area contributed by atoms with Gasteiger partial charge in [0.1, 0.15) is 5.75 Å². The van der Waals surface area contributed by atoms with Crippen LogP contribution in [0.15, 0.2) is 36.4 Å². The molecule has 5 nitrogen and oxygen atoms in total. The molecule has 2 aromatic carbocycles. The highest BCUT2D eigenvalue weighted by molar-refractivity contribution is 5.81. The van der Waals surface area contributed by atoms with Crippen molar-refractivity contribution in [3.8, 4) is 5.75 Å². The number of benzene rings is 2. The second-order valence-corrected chi connectivity index (χ2v) is 7.69. The molecule has 2 N–H and O–H groups in total. The van der Waals surface area contributed by atoms with Crippen molar-refractivity contribution >= 4 is 11.9 Å². The lowest BCUT2D eigenvalue weighted by atomic mass is 9.79. The summed E-state index contributed by atoms with van der Waals surface area (Å²) in [5, 5.41) is 11.7. The van der Waals surface area contributed by atoms with Crippen molar-refractivity contribution in [3.63, 3.8) is 0 Å². The van der Waals surface area contributed by atoms with Gasteiger partial charge >= 0.3 is 18.1 Å². The largest absolute Gasteiger partial charge is 0.497 e. The first-order chi connectivity index (χ1) is 14.6. The summed E-state index contributed by atoms with van der Waals surface area (Å²) >= 11 is 0. The molecule has 0 fully saturated rings. The number of halogens is 3. The Morgan fingerprint density at radius 3 is 2.52 bits per heavy atom. The van der Waals surface area contributed by atoms with Gasteiger partial charge in [-0.3, -0.25) is 9.59 Å². The minimum Gasteiger partial charge on any atom is -0.497 e. The van der Waals surface area contributed by atoms with Crippen LogP contribution in [-0.4, -0.2) is 30.3 Å². The predicted molar refractivity (Wildman–Crippen MR) is 108 cm³/mol. The van der Waals surface area contributed by atoms with Crippen LogP contribution in [0, 0.1) is 5.92 Å². The lowest BCUT2D eigenvalue weighted by Crippen LogP contribution is -2.36. The van der Waals surface area contributed by atoms with E-state index in [1.807, 2.05) is 30.4 Å². The SMILES string of the molecule is CCC(C(=O)O)C1Cc2ccc(OC)cc2Cc2cc(CNC(=O)C(F)(F)F)ccc21. The Morgan fingerprint density at radius 1 is 1.16 bits per heavy atom. The number of amides is 1. The number of carbonyl (C=O) groups excluding carboxylic acids is 1. The van der Waals surface area contributed by atoms with Crippen molar-refractivity contribution in [2.75, 3.05) is 7.11 Å². The fourth-order valence-corrected chi connectivity index (χ4v) is 4.20. The van der Waals surface area contributed by atoms with Gasteiger partial charge < -0.3 is 15.2 Å². The fraction of sp³-hybridized carbons (Fsp3) is 0.391. The van der Waals surface area contributed by atoms with Crippen LogP contribution in [0.4, 0.5) is 13.2 Å². The molecular weight excluding hydrogens is 411 g/mol. The maximum atomic E-state index is 12.5. The molecule has 1 aliphatic carbocycles. The summed E-state index contributed by atoms with van der Waals surface area (Å²) in [6.45, 7) is 1.57. The molecule has 166 valence electrons. The molecule has 0 saturated carbocycles. The van der Waals surface area contributed by atoms with Crippen molar-refractivity contribution < 1.29 is 32.6 Å². The second kappa shape index (κ2) is 8.99. The molecule has 0 aromatic heterocycles. The molecule has 8 heteroatoms. The van der Waals surface area contributed by atoms with Crippen LogP contribution in [0.5, 0.6) is 5.75 Å². The average Bonchev–Trinajstić information content (AvgIpc) is 2.87. The molecule has 0 spiro atoms. The fourth-order valence-electron chi connectivity index (χ4n) is 4.20. The second-order valence-electron chi connectivity index (χ2n) is 7.69. The summed E-state index contributed by atoms with van der Waals surface area (Å²) in [5.74, 6) is -3.06. The number of hydrogen-bond acceptors (Lipinski definition) is 3. The summed E-state index contributed by atoms with van der Waals surface area (Å²) in [7, 11) is 1.56. The van der Waals surface area contributed by atoms with Crippen LogP contribution in [0.1, 0.15) is 47.1 Å². The van der Waals surface area contributed by atoms with Crippen LogP contribution in [0.25, 0.3) is 0 Å². The number of rotatable bonds is 6. The summed E-state index contributed by atoms with van der Waals surface area (Å²) in [6, 6.07) is 10.9. The van der Waals surface area contributed by atoms with Gasteiger partial charge in [-0.1, -0.05) is 31.2 Å². The number of alkyl halides is 3. The third kappa shape index (κ3) is 5.00. The number of carboxylic acids is 1. The Balaban J connectivity index is 2.01. The number of hydrogen-bond donors (Lipinski definition) is 2. The Labute approximate surface area is 178 Å². The van der Waals surface area contributed by atoms with Crippen molar-refractivity contribution in [1.82, 2.24) is 5.32 Å². The van der Waals surface area contributed by atoms with Crippen LogP contribution in [0.3, 0.4) is 0 Å². The number of aliphatic carboxylic acids is 1. The zero-order chi connectivity index (χ0) is 22.8. The van der Waals surface area contributed by atoms with E-state index in [4.69, 9.17) is 4.74 Å². The lowest BCUT2D eigenvalue weighted by Gasteiger charge is -2.24. The van der Waals surface area contributed by atoms with Crippen LogP contribution >= 0.6 is 0 Å². The first kappa shape index (κ1) is 22.7. The Kier molecular flexibility index (Phi) is 6.57. The van der Waals surface area contributed by atoms with E-state index in [0.717, 1.165) is 22.3 Å². The van der Waals surface area contributed by atoms with Gasteiger partial charge in [0.2, 0.25) is 0 Å². The summed E-state index contributed by atoms with van der Waals surface area (Å²) in [4.78, 5) is 23.1. The normalized spacial score (nSPS) is 16.5. The minimum absolute atomic E-state index is 0.266. The van der Waals surface area contributed by atoms with Gasteiger partial charge in [0.15, 0.2) is 0 Å². The van der Waals surface area contributed by atoms with E-state index in [9.17, 15) is 27.9 Å². The van der Waals surface area contributed by atoms with Crippen molar-refractivity contribution in [2.24, 2.45) is 5.92 Å².